The van der Waals surface area contributed by atoms with Crippen LogP contribution in [0, 0.1) is 0 Å². The smallest absolute Gasteiger partial charge is 0.122 e. The summed E-state index contributed by atoms with van der Waals surface area (Å²) in [4.78, 5) is 0. The average molecular weight is 229 g/mol. The maximum atomic E-state index is 9.60. The van der Waals surface area contributed by atoms with Gasteiger partial charge in [-0.2, -0.15) is 0 Å². The predicted molar refractivity (Wildman–Crippen MR) is 68.4 cm³/mol. The fourth-order valence-electron chi connectivity index (χ4n) is 1.66. The van der Waals surface area contributed by atoms with E-state index in [4.69, 9.17) is 5.11 Å². The summed E-state index contributed by atoms with van der Waals surface area (Å²) in [5, 5.41) is 22.0. The van der Waals surface area contributed by atoms with E-state index in [1.54, 1.807) is 12.1 Å². The normalized spacial score (nSPS) is 10.1. The molecule has 0 aromatic heterocycles. The Kier molecular flexibility index (Phi) is 3.50. The lowest BCUT2D eigenvalue weighted by atomic mass is 10.1. The lowest BCUT2D eigenvalue weighted by Crippen LogP contribution is -2.04. The fraction of sp³-hybridized carbons (Fsp3) is 0.143. The van der Waals surface area contributed by atoms with Crippen LogP contribution in [0.3, 0.4) is 0 Å². The van der Waals surface area contributed by atoms with Gasteiger partial charge in [-0.1, -0.05) is 24.3 Å². The average Bonchev–Trinajstić information content (AvgIpc) is 2.33. The number of hydrogen-bond donors (Lipinski definition) is 3. The van der Waals surface area contributed by atoms with E-state index in [0.717, 1.165) is 17.8 Å². The standard InChI is InChI=1S/C14H15NO2/c16-13-7-6-11(14(17)10-13)8-9-15-12-4-2-1-3-5-12/h1-7,10,15-17H,8-9H2. The summed E-state index contributed by atoms with van der Waals surface area (Å²) < 4.78 is 0. The largest absolute Gasteiger partial charge is 0.508 e. The van der Waals surface area contributed by atoms with E-state index >= 15 is 0 Å². The summed E-state index contributed by atoms with van der Waals surface area (Å²) in [6, 6.07) is 14.6. The van der Waals surface area contributed by atoms with Crippen molar-refractivity contribution < 1.29 is 10.2 Å². The Balaban J connectivity index is 1.90. The molecule has 0 aliphatic rings. The highest BCUT2D eigenvalue weighted by Gasteiger charge is 2.01. The number of phenolic OH excluding ortho intramolecular Hbond substituents is 2. The van der Waals surface area contributed by atoms with Gasteiger partial charge in [0.05, 0.1) is 0 Å². The predicted octanol–water partition coefficient (Wildman–Crippen LogP) is 2.75. The number of rotatable bonds is 4. The quantitative estimate of drug-likeness (QED) is 0.755. The Morgan fingerprint density at radius 3 is 2.41 bits per heavy atom. The zero-order valence-corrected chi connectivity index (χ0v) is 9.43. The molecule has 0 unspecified atom stereocenters. The molecule has 0 aliphatic heterocycles. The van der Waals surface area contributed by atoms with Crippen LogP contribution in [0.1, 0.15) is 5.56 Å². The molecule has 3 heteroatoms. The van der Waals surface area contributed by atoms with Gasteiger partial charge in [0.1, 0.15) is 11.5 Å². The molecule has 0 bridgehead atoms. The Hall–Kier alpha value is -2.16. The fourth-order valence-corrected chi connectivity index (χ4v) is 1.66. The van der Waals surface area contributed by atoms with E-state index < -0.39 is 0 Å². The third-order valence-corrected chi connectivity index (χ3v) is 2.57. The van der Waals surface area contributed by atoms with Gasteiger partial charge >= 0.3 is 0 Å². The van der Waals surface area contributed by atoms with Gasteiger partial charge in [0.25, 0.3) is 0 Å². The first-order chi connectivity index (χ1) is 8.25. The first-order valence-electron chi connectivity index (χ1n) is 5.55. The molecular formula is C14H15NO2. The molecule has 2 aromatic rings. The van der Waals surface area contributed by atoms with E-state index in [-0.39, 0.29) is 11.5 Å². The van der Waals surface area contributed by atoms with E-state index in [1.807, 2.05) is 30.3 Å². The van der Waals surface area contributed by atoms with Crippen molar-refractivity contribution >= 4 is 5.69 Å². The molecule has 0 heterocycles. The summed E-state index contributed by atoms with van der Waals surface area (Å²) >= 11 is 0. The minimum atomic E-state index is 0.0854. The topological polar surface area (TPSA) is 52.5 Å². The van der Waals surface area contributed by atoms with E-state index in [0.29, 0.717) is 6.42 Å². The van der Waals surface area contributed by atoms with E-state index in [9.17, 15) is 5.11 Å². The molecule has 2 aromatic carbocycles. The first-order valence-corrected chi connectivity index (χ1v) is 5.55. The summed E-state index contributed by atoms with van der Waals surface area (Å²) in [7, 11) is 0. The van der Waals surface area contributed by atoms with Crippen molar-refractivity contribution in [2.75, 3.05) is 11.9 Å². The monoisotopic (exact) mass is 229 g/mol. The third kappa shape index (κ3) is 3.14. The molecule has 0 amide bonds. The van der Waals surface area contributed by atoms with Crippen LogP contribution < -0.4 is 5.32 Å². The highest BCUT2D eigenvalue weighted by atomic mass is 16.3. The van der Waals surface area contributed by atoms with E-state index in [1.165, 1.54) is 6.07 Å². The number of phenols is 2. The van der Waals surface area contributed by atoms with Crippen LogP contribution in [0.15, 0.2) is 48.5 Å². The molecule has 0 aliphatic carbocycles. The molecule has 3 N–H and O–H groups in total. The molecule has 3 nitrogen and oxygen atoms in total. The van der Waals surface area contributed by atoms with Crippen molar-refractivity contribution in [2.24, 2.45) is 0 Å². The molecule has 0 saturated carbocycles. The van der Waals surface area contributed by atoms with Crippen LogP contribution in [0.25, 0.3) is 0 Å². The van der Waals surface area contributed by atoms with Gasteiger partial charge in [-0.05, 0) is 30.2 Å². The van der Waals surface area contributed by atoms with Gasteiger partial charge in [-0.25, -0.2) is 0 Å². The number of aromatic hydroxyl groups is 2. The number of anilines is 1. The minimum Gasteiger partial charge on any atom is -0.508 e. The Bertz CT molecular complexity index is 483. The lowest BCUT2D eigenvalue weighted by Gasteiger charge is -2.07. The Labute approximate surface area is 100 Å². The Morgan fingerprint density at radius 2 is 1.71 bits per heavy atom. The van der Waals surface area contributed by atoms with Gasteiger partial charge in [0.15, 0.2) is 0 Å². The second kappa shape index (κ2) is 5.25. The van der Waals surface area contributed by atoms with Crippen molar-refractivity contribution in [2.45, 2.75) is 6.42 Å². The van der Waals surface area contributed by atoms with Crippen LogP contribution in [-0.2, 0) is 6.42 Å². The molecule has 0 fully saturated rings. The van der Waals surface area contributed by atoms with Crippen LogP contribution in [0.5, 0.6) is 11.5 Å². The van der Waals surface area contributed by atoms with Crippen molar-refractivity contribution in [3.05, 3.63) is 54.1 Å². The number of benzene rings is 2. The summed E-state index contributed by atoms with van der Waals surface area (Å²) in [5.74, 6) is 0.224. The van der Waals surface area contributed by atoms with Crippen molar-refractivity contribution in [1.29, 1.82) is 0 Å². The third-order valence-electron chi connectivity index (χ3n) is 2.57. The van der Waals surface area contributed by atoms with Gasteiger partial charge in [-0.3, -0.25) is 0 Å². The summed E-state index contributed by atoms with van der Waals surface area (Å²) in [5.41, 5.74) is 1.89. The second-order valence-corrected chi connectivity index (χ2v) is 3.86. The molecule has 2 rings (SSSR count). The lowest BCUT2D eigenvalue weighted by molar-refractivity contribution is 0.446. The van der Waals surface area contributed by atoms with Crippen LogP contribution in [0.2, 0.25) is 0 Å². The number of nitrogens with one attached hydrogen (secondary N) is 1. The van der Waals surface area contributed by atoms with Crippen LogP contribution in [-0.4, -0.2) is 16.8 Å². The first kappa shape index (κ1) is 11.3. The van der Waals surface area contributed by atoms with Crippen LogP contribution in [0.4, 0.5) is 5.69 Å². The molecule has 17 heavy (non-hydrogen) atoms. The molecule has 0 atom stereocenters. The molecule has 0 saturated heterocycles. The summed E-state index contributed by atoms with van der Waals surface area (Å²) in [6.45, 7) is 0.738. The van der Waals surface area contributed by atoms with E-state index in [2.05, 4.69) is 5.32 Å². The van der Waals surface area contributed by atoms with Crippen molar-refractivity contribution in [3.8, 4) is 11.5 Å². The van der Waals surface area contributed by atoms with Gasteiger partial charge in [0.2, 0.25) is 0 Å². The molecule has 88 valence electrons. The molecule has 0 spiro atoms. The molecular weight excluding hydrogens is 214 g/mol. The highest BCUT2D eigenvalue weighted by Crippen LogP contribution is 2.22. The van der Waals surface area contributed by atoms with Gasteiger partial charge < -0.3 is 15.5 Å². The SMILES string of the molecule is Oc1ccc(CCNc2ccccc2)c(O)c1. The zero-order chi connectivity index (χ0) is 12.1. The maximum absolute atomic E-state index is 9.60. The minimum absolute atomic E-state index is 0.0854. The Morgan fingerprint density at radius 1 is 0.941 bits per heavy atom. The van der Waals surface area contributed by atoms with Gasteiger partial charge in [-0.15, -0.1) is 0 Å². The van der Waals surface area contributed by atoms with Crippen molar-refractivity contribution in [3.63, 3.8) is 0 Å². The molecule has 0 radical (unpaired) electrons. The zero-order valence-electron chi connectivity index (χ0n) is 9.43. The number of hydrogen-bond acceptors (Lipinski definition) is 3. The van der Waals surface area contributed by atoms with Crippen LogP contribution >= 0.6 is 0 Å². The number of para-hydroxylation sites is 1. The second-order valence-electron chi connectivity index (χ2n) is 3.86. The maximum Gasteiger partial charge on any atom is 0.122 e. The van der Waals surface area contributed by atoms with Crippen molar-refractivity contribution in [1.82, 2.24) is 0 Å². The van der Waals surface area contributed by atoms with Gasteiger partial charge in [0, 0.05) is 18.3 Å². The highest BCUT2D eigenvalue weighted by molar-refractivity contribution is 5.43. The summed E-state index contributed by atoms with van der Waals surface area (Å²) in [6.07, 6.45) is 0.709.